The highest BCUT2D eigenvalue weighted by atomic mass is 16.5. The maximum atomic E-state index is 11.9. The molecule has 1 aromatic rings. The van der Waals surface area contributed by atoms with Crippen LogP contribution in [0.15, 0.2) is 24.3 Å². The van der Waals surface area contributed by atoms with Crippen molar-refractivity contribution in [2.75, 3.05) is 19.8 Å². The van der Waals surface area contributed by atoms with Gasteiger partial charge in [0.1, 0.15) is 0 Å². The summed E-state index contributed by atoms with van der Waals surface area (Å²) in [6.45, 7) is 4.15. The van der Waals surface area contributed by atoms with Gasteiger partial charge in [0.2, 0.25) is 0 Å². The van der Waals surface area contributed by atoms with Gasteiger partial charge in [0.05, 0.1) is 12.1 Å². The lowest BCUT2D eigenvalue weighted by Crippen LogP contribution is -2.41. The molecule has 1 aliphatic carbocycles. The van der Waals surface area contributed by atoms with Crippen molar-refractivity contribution in [2.45, 2.75) is 44.8 Å². The van der Waals surface area contributed by atoms with E-state index in [-0.39, 0.29) is 12.1 Å². The van der Waals surface area contributed by atoms with Crippen molar-refractivity contribution in [3.8, 4) is 0 Å². The number of hydrogen-bond acceptors (Lipinski definition) is 3. The summed E-state index contributed by atoms with van der Waals surface area (Å²) in [5, 5.41) is 15.8. The molecule has 0 aromatic heterocycles. The molecule has 0 spiro atoms. The lowest BCUT2D eigenvalue weighted by atomic mass is 10.1. The molecule has 1 aliphatic rings. The van der Waals surface area contributed by atoms with Crippen LogP contribution in [0.3, 0.4) is 0 Å². The van der Waals surface area contributed by atoms with Crippen LogP contribution in [0.25, 0.3) is 0 Å². The van der Waals surface area contributed by atoms with Gasteiger partial charge in [-0.15, -0.1) is 0 Å². The van der Waals surface area contributed by atoms with Gasteiger partial charge in [-0.05, 0) is 24.0 Å². The van der Waals surface area contributed by atoms with Gasteiger partial charge in [0.25, 0.3) is 0 Å². The van der Waals surface area contributed by atoms with Crippen molar-refractivity contribution in [1.82, 2.24) is 10.6 Å². The number of aliphatic hydroxyl groups is 1. The molecule has 0 bridgehead atoms. The molecule has 1 aromatic carbocycles. The molecule has 5 heteroatoms. The molecule has 0 heterocycles. The van der Waals surface area contributed by atoms with Crippen LogP contribution in [-0.2, 0) is 11.2 Å². The highest BCUT2D eigenvalue weighted by molar-refractivity contribution is 5.74. The standard InChI is InChI=1S/C17H26N2O3/c1-2-3-10-22-11-6-9-18-17(21)19-16-14-8-5-4-7-13(14)12-15(16)20/h4-5,7-8,15-16,20H,2-3,6,9-12H2,1H3,(H2,18,19,21). The molecule has 0 fully saturated rings. The van der Waals surface area contributed by atoms with Crippen LogP contribution in [0.4, 0.5) is 4.79 Å². The van der Waals surface area contributed by atoms with Gasteiger partial charge >= 0.3 is 6.03 Å². The third kappa shape index (κ3) is 4.71. The van der Waals surface area contributed by atoms with E-state index in [9.17, 15) is 9.90 Å². The molecule has 2 unspecified atom stereocenters. The van der Waals surface area contributed by atoms with E-state index in [4.69, 9.17) is 4.74 Å². The Morgan fingerprint density at radius 1 is 1.32 bits per heavy atom. The first-order chi connectivity index (χ1) is 10.7. The predicted octanol–water partition coefficient (Wildman–Crippen LogP) is 2.15. The number of amides is 2. The van der Waals surface area contributed by atoms with E-state index in [1.807, 2.05) is 24.3 Å². The SMILES string of the molecule is CCCCOCCCNC(=O)NC1c2ccccc2CC1O. The maximum absolute atomic E-state index is 11.9. The van der Waals surface area contributed by atoms with E-state index in [1.165, 1.54) is 0 Å². The molecule has 5 nitrogen and oxygen atoms in total. The highest BCUT2D eigenvalue weighted by Crippen LogP contribution is 2.30. The number of nitrogens with one attached hydrogen (secondary N) is 2. The topological polar surface area (TPSA) is 70.6 Å². The number of carbonyl (C=O) groups excluding carboxylic acids is 1. The molecule has 2 amide bonds. The summed E-state index contributed by atoms with van der Waals surface area (Å²) in [4.78, 5) is 11.9. The van der Waals surface area contributed by atoms with Crippen LogP contribution in [0.1, 0.15) is 43.4 Å². The van der Waals surface area contributed by atoms with Crippen molar-refractivity contribution in [2.24, 2.45) is 0 Å². The Morgan fingerprint density at radius 3 is 2.91 bits per heavy atom. The van der Waals surface area contributed by atoms with E-state index in [0.29, 0.717) is 19.6 Å². The molecule has 2 atom stereocenters. The van der Waals surface area contributed by atoms with Crippen molar-refractivity contribution < 1.29 is 14.6 Å². The van der Waals surface area contributed by atoms with Gasteiger partial charge in [-0.2, -0.15) is 0 Å². The third-order valence-electron chi connectivity index (χ3n) is 3.88. The van der Waals surface area contributed by atoms with Gasteiger partial charge in [-0.1, -0.05) is 37.6 Å². The van der Waals surface area contributed by atoms with E-state index >= 15 is 0 Å². The molecule has 22 heavy (non-hydrogen) atoms. The lowest BCUT2D eigenvalue weighted by molar-refractivity contribution is 0.128. The second-order valence-electron chi connectivity index (χ2n) is 5.67. The van der Waals surface area contributed by atoms with Gasteiger partial charge in [0, 0.05) is 26.2 Å². The number of fused-ring (bicyclic) bond motifs is 1. The normalized spacial score (nSPS) is 19.7. The summed E-state index contributed by atoms with van der Waals surface area (Å²) in [5.74, 6) is 0. The number of ether oxygens (including phenoxy) is 1. The summed E-state index contributed by atoms with van der Waals surface area (Å²) >= 11 is 0. The fourth-order valence-corrected chi connectivity index (χ4v) is 2.66. The summed E-state index contributed by atoms with van der Waals surface area (Å²) in [6, 6.07) is 7.26. The Hall–Kier alpha value is -1.59. The minimum atomic E-state index is -0.555. The van der Waals surface area contributed by atoms with Crippen LogP contribution in [0.5, 0.6) is 0 Å². The predicted molar refractivity (Wildman–Crippen MR) is 85.8 cm³/mol. The Labute approximate surface area is 132 Å². The van der Waals surface area contributed by atoms with Crippen LogP contribution < -0.4 is 10.6 Å². The molecular weight excluding hydrogens is 280 g/mol. The summed E-state index contributed by atoms with van der Waals surface area (Å²) in [6.07, 6.45) is 3.03. The van der Waals surface area contributed by atoms with E-state index in [0.717, 1.165) is 37.0 Å². The smallest absolute Gasteiger partial charge is 0.315 e. The lowest BCUT2D eigenvalue weighted by Gasteiger charge is -2.18. The van der Waals surface area contributed by atoms with Crippen LogP contribution in [0.2, 0.25) is 0 Å². The first-order valence-electron chi connectivity index (χ1n) is 8.10. The number of unbranched alkanes of at least 4 members (excludes halogenated alkanes) is 1. The average Bonchev–Trinajstić information content (AvgIpc) is 2.82. The zero-order valence-electron chi connectivity index (χ0n) is 13.2. The molecular formula is C17H26N2O3. The Kier molecular flexibility index (Phi) is 6.68. The third-order valence-corrected chi connectivity index (χ3v) is 3.88. The maximum Gasteiger partial charge on any atom is 0.315 e. The van der Waals surface area contributed by atoms with Gasteiger partial charge < -0.3 is 20.5 Å². The second kappa shape index (κ2) is 8.76. The van der Waals surface area contributed by atoms with Crippen molar-refractivity contribution in [1.29, 1.82) is 0 Å². The van der Waals surface area contributed by atoms with Crippen molar-refractivity contribution in [3.63, 3.8) is 0 Å². The first-order valence-corrected chi connectivity index (χ1v) is 8.10. The highest BCUT2D eigenvalue weighted by Gasteiger charge is 2.31. The second-order valence-corrected chi connectivity index (χ2v) is 5.67. The zero-order chi connectivity index (χ0) is 15.8. The van der Waals surface area contributed by atoms with Gasteiger partial charge in [-0.25, -0.2) is 4.79 Å². The number of rotatable bonds is 8. The fraction of sp³-hybridized carbons (Fsp3) is 0.588. The molecule has 0 saturated carbocycles. The van der Waals surface area contributed by atoms with Crippen molar-refractivity contribution >= 4 is 6.03 Å². The van der Waals surface area contributed by atoms with Crippen LogP contribution in [0, 0.1) is 0 Å². The van der Waals surface area contributed by atoms with E-state index in [2.05, 4.69) is 17.6 Å². The molecule has 2 rings (SSSR count). The Morgan fingerprint density at radius 2 is 2.09 bits per heavy atom. The Bertz CT molecular complexity index is 479. The number of carbonyl (C=O) groups is 1. The molecule has 0 radical (unpaired) electrons. The van der Waals surface area contributed by atoms with Gasteiger partial charge in [0.15, 0.2) is 0 Å². The molecule has 122 valence electrons. The number of urea groups is 1. The number of benzene rings is 1. The summed E-state index contributed by atoms with van der Waals surface area (Å²) in [7, 11) is 0. The fourth-order valence-electron chi connectivity index (χ4n) is 2.66. The molecule has 3 N–H and O–H groups in total. The Balaban J connectivity index is 1.67. The van der Waals surface area contributed by atoms with Crippen LogP contribution in [-0.4, -0.2) is 37.0 Å². The summed E-state index contributed by atoms with van der Waals surface area (Å²) < 4.78 is 5.44. The molecule has 0 saturated heterocycles. The molecule has 0 aliphatic heterocycles. The first kappa shape index (κ1) is 16.8. The van der Waals surface area contributed by atoms with E-state index in [1.54, 1.807) is 0 Å². The van der Waals surface area contributed by atoms with Crippen LogP contribution >= 0.6 is 0 Å². The van der Waals surface area contributed by atoms with Gasteiger partial charge in [-0.3, -0.25) is 0 Å². The quantitative estimate of drug-likeness (QED) is 0.645. The average molecular weight is 306 g/mol. The van der Waals surface area contributed by atoms with E-state index < -0.39 is 6.10 Å². The zero-order valence-corrected chi connectivity index (χ0v) is 13.2. The minimum Gasteiger partial charge on any atom is -0.390 e. The number of hydrogen-bond donors (Lipinski definition) is 3. The number of aliphatic hydroxyl groups excluding tert-OH is 1. The monoisotopic (exact) mass is 306 g/mol. The van der Waals surface area contributed by atoms with Crippen molar-refractivity contribution in [3.05, 3.63) is 35.4 Å². The largest absolute Gasteiger partial charge is 0.390 e. The summed E-state index contributed by atoms with van der Waals surface area (Å²) in [5.41, 5.74) is 2.11. The minimum absolute atomic E-state index is 0.241.